The van der Waals surface area contributed by atoms with Crippen LogP contribution in [-0.2, 0) is 28.6 Å². The van der Waals surface area contributed by atoms with E-state index in [0.29, 0.717) is 18.4 Å². The van der Waals surface area contributed by atoms with Gasteiger partial charge >= 0.3 is 18.0 Å². The van der Waals surface area contributed by atoms with Crippen molar-refractivity contribution in [1.29, 1.82) is 0 Å². The van der Waals surface area contributed by atoms with Gasteiger partial charge in [0.15, 0.2) is 11.9 Å². The molecule has 4 aliphatic rings. The van der Waals surface area contributed by atoms with E-state index in [1.807, 2.05) is 0 Å². The fraction of sp³-hybridized carbons (Fsp3) is 0.684. The number of hydrogen-bond acceptors (Lipinski definition) is 12. The second-order valence-corrected chi connectivity index (χ2v) is 16.8. The maximum Gasteiger partial charge on any atom is 0.408 e. The van der Waals surface area contributed by atoms with Crippen LogP contribution in [0.5, 0.6) is 0 Å². The number of alkyl carbamates (subject to hydrolysis) is 1. The summed E-state index contributed by atoms with van der Waals surface area (Å²) in [6, 6.07) is 6.71. The van der Waals surface area contributed by atoms with E-state index in [2.05, 4.69) is 5.32 Å². The van der Waals surface area contributed by atoms with Crippen LogP contribution in [-0.4, -0.2) is 90.2 Å². The zero-order chi connectivity index (χ0) is 38.3. The highest BCUT2D eigenvalue weighted by atomic mass is 16.7. The summed E-state index contributed by atoms with van der Waals surface area (Å²) in [6.07, 6.45) is -5.81. The lowest BCUT2D eigenvalue weighted by Gasteiger charge is -2.69. The highest BCUT2D eigenvalue weighted by Gasteiger charge is 2.75. The van der Waals surface area contributed by atoms with Crippen LogP contribution in [0, 0.1) is 28.6 Å². The minimum atomic E-state index is -2.67. The predicted octanol–water partition coefficient (Wildman–Crippen LogP) is 3.00. The Morgan fingerprint density at radius 2 is 1.63 bits per heavy atom. The Kier molecular flexibility index (Phi) is 9.64. The van der Waals surface area contributed by atoms with Gasteiger partial charge in [-0.05, 0) is 70.9 Å². The molecule has 0 heterocycles. The molecule has 2 bridgehead atoms. The number of amides is 1. The summed E-state index contributed by atoms with van der Waals surface area (Å²) >= 11 is 0. The number of ketones is 1. The number of rotatable bonds is 6. The number of aliphatic hydroxyl groups is 5. The maximum atomic E-state index is 14.6. The molecular formula is C38H53NO12. The van der Waals surface area contributed by atoms with Gasteiger partial charge in [-0.1, -0.05) is 51.1 Å². The summed E-state index contributed by atoms with van der Waals surface area (Å²) in [6.45, 7) is 14.0. The predicted molar refractivity (Wildman–Crippen MR) is 181 cm³/mol. The Morgan fingerprint density at radius 1 is 1.02 bits per heavy atom. The molecule has 0 radical (unpaired) electrons. The third-order valence-electron chi connectivity index (χ3n) is 12.5. The van der Waals surface area contributed by atoms with E-state index in [-0.39, 0.29) is 23.5 Å². The van der Waals surface area contributed by atoms with Crippen LogP contribution in [0.1, 0.15) is 99.6 Å². The van der Waals surface area contributed by atoms with Crippen LogP contribution >= 0.6 is 0 Å². The van der Waals surface area contributed by atoms with Gasteiger partial charge in [0.2, 0.25) is 5.79 Å². The van der Waals surface area contributed by atoms with Crippen LogP contribution in [0.2, 0.25) is 0 Å². The summed E-state index contributed by atoms with van der Waals surface area (Å²) in [5.74, 6) is -7.78. The van der Waals surface area contributed by atoms with Crippen molar-refractivity contribution < 1.29 is 58.9 Å². The molecule has 0 saturated heterocycles. The number of fused-ring (bicyclic) bond motifs is 5. The molecule has 0 aliphatic heterocycles. The number of ether oxygens (including phenoxy) is 3. The Hall–Kier alpha value is -3.36. The van der Waals surface area contributed by atoms with Crippen LogP contribution in [0.15, 0.2) is 41.5 Å². The molecule has 51 heavy (non-hydrogen) atoms. The van der Waals surface area contributed by atoms with Crippen molar-refractivity contribution in [3.63, 3.8) is 0 Å². The van der Waals surface area contributed by atoms with Crippen molar-refractivity contribution in [2.75, 3.05) is 0 Å². The molecule has 13 heteroatoms. The molecule has 1 unspecified atom stereocenters. The van der Waals surface area contributed by atoms with Crippen molar-refractivity contribution in [3.8, 4) is 0 Å². The summed E-state index contributed by atoms with van der Waals surface area (Å²) in [5.41, 5.74) is -7.25. The molecule has 4 aliphatic carbocycles. The third kappa shape index (κ3) is 5.98. The molecule has 1 aromatic rings. The fourth-order valence-electron chi connectivity index (χ4n) is 9.84. The Morgan fingerprint density at radius 3 is 2.16 bits per heavy atom. The normalized spacial score (nSPS) is 38.4. The Labute approximate surface area is 298 Å². The quantitative estimate of drug-likeness (QED) is 0.109. The molecule has 1 aromatic carbocycles. The molecule has 1 amide bonds. The highest BCUT2D eigenvalue weighted by Crippen LogP contribution is 2.68. The Balaban J connectivity index is 1.60. The molecule has 6 N–H and O–H groups in total. The minimum absolute atomic E-state index is 0.103. The van der Waals surface area contributed by atoms with Crippen molar-refractivity contribution in [2.24, 2.45) is 28.6 Å². The highest BCUT2D eigenvalue weighted by molar-refractivity contribution is 5.93. The fourth-order valence-corrected chi connectivity index (χ4v) is 9.84. The van der Waals surface area contributed by atoms with E-state index in [9.17, 15) is 44.7 Å². The van der Waals surface area contributed by atoms with Gasteiger partial charge < -0.3 is 45.1 Å². The molecule has 3 fully saturated rings. The van der Waals surface area contributed by atoms with E-state index in [0.717, 1.165) is 0 Å². The first-order valence-electron chi connectivity index (χ1n) is 17.6. The lowest BCUT2D eigenvalue weighted by atomic mass is 9.39. The molecular weight excluding hydrogens is 662 g/mol. The van der Waals surface area contributed by atoms with Gasteiger partial charge in [0.1, 0.15) is 17.3 Å². The smallest absolute Gasteiger partial charge is 0.408 e. The molecule has 3 saturated carbocycles. The first-order chi connectivity index (χ1) is 23.4. The van der Waals surface area contributed by atoms with Gasteiger partial charge in [-0.3, -0.25) is 9.59 Å². The van der Waals surface area contributed by atoms with E-state index in [4.69, 9.17) is 14.2 Å². The van der Waals surface area contributed by atoms with E-state index >= 15 is 0 Å². The van der Waals surface area contributed by atoms with Gasteiger partial charge in [-0.25, -0.2) is 9.59 Å². The first-order valence-corrected chi connectivity index (χ1v) is 17.6. The lowest BCUT2D eigenvalue weighted by Crippen LogP contribution is -2.76. The minimum Gasteiger partial charge on any atom is -0.459 e. The zero-order valence-electron chi connectivity index (χ0n) is 30.9. The van der Waals surface area contributed by atoms with Gasteiger partial charge in [0.05, 0.1) is 23.2 Å². The van der Waals surface area contributed by atoms with Crippen LogP contribution < -0.4 is 5.32 Å². The topological polar surface area (TPSA) is 209 Å². The summed E-state index contributed by atoms with van der Waals surface area (Å²) in [5, 5.41) is 62.8. The molecule has 11 atom stereocenters. The van der Waals surface area contributed by atoms with E-state index < -0.39 is 99.8 Å². The summed E-state index contributed by atoms with van der Waals surface area (Å²) < 4.78 is 17.1. The number of esters is 2. The third-order valence-corrected chi connectivity index (χ3v) is 12.5. The zero-order valence-corrected chi connectivity index (χ0v) is 30.9. The number of Topliss-reactive ketones (excluding diaryl/α,β-unsaturated/α-hetero) is 1. The van der Waals surface area contributed by atoms with Gasteiger partial charge in [0, 0.05) is 36.2 Å². The molecule has 0 spiro atoms. The van der Waals surface area contributed by atoms with Crippen LogP contribution in [0.3, 0.4) is 0 Å². The number of nitrogens with one attached hydrogen (secondary N) is 1. The SMILES string of the molecule is CC(=O)O[C@@]12CC[C@@H]1C[C@H](O)[C@@]1(C)C(=O)[C@H](O)C3=C(C)C(O)(OC(=O)[C@H](O)[C@@H](NC(=O)OC(C)(C)C)c4ccccc4)C[C@@](O)([C@@H](C)[C@H]21)C3(C)C. The van der Waals surface area contributed by atoms with Crippen molar-refractivity contribution in [3.05, 3.63) is 47.0 Å². The maximum absolute atomic E-state index is 14.6. The van der Waals surface area contributed by atoms with Gasteiger partial charge in [-0.15, -0.1) is 0 Å². The van der Waals surface area contributed by atoms with E-state index in [1.165, 1.54) is 20.8 Å². The second-order valence-electron chi connectivity index (χ2n) is 16.8. The Bertz CT molecular complexity index is 1620. The monoisotopic (exact) mass is 715 g/mol. The number of carbonyl (C=O) groups excluding carboxylic acids is 4. The van der Waals surface area contributed by atoms with Crippen LogP contribution in [0.25, 0.3) is 0 Å². The van der Waals surface area contributed by atoms with E-state index in [1.54, 1.807) is 71.9 Å². The average Bonchev–Trinajstić information content (AvgIpc) is 3.01. The van der Waals surface area contributed by atoms with Gasteiger partial charge in [-0.2, -0.15) is 0 Å². The molecule has 13 nitrogen and oxygen atoms in total. The first kappa shape index (κ1) is 38.9. The van der Waals surface area contributed by atoms with Crippen molar-refractivity contribution in [1.82, 2.24) is 5.32 Å². The van der Waals surface area contributed by atoms with Crippen molar-refractivity contribution in [2.45, 2.75) is 135 Å². The largest absolute Gasteiger partial charge is 0.459 e. The number of carbonyl (C=O) groups is 4. The number of aliphatic hydroxyl groups excluding tert-OH is 3. The van der Waals surface area contributed by atoms with Crippen molar-refractivity contribution >= 4 is 23.8 Å². The van der Waals surface area contributed by atoms with Crippen LogP contribution in [0.4, 0.5) is 4.79 Å². The lowest BCUT2D eigenvalue weighted by molar-refractivity contribution is -0.296. The molecule has 282 valence electrons. The van der Waals surface area contributed by atoms with Gasteiger partial charge in [0.25, 0.3) is 0 Å². The second kappa shape index (κ2) is 12.6. The number of hydrogen-bond donors (Lipinski definition) is 6. The molecule has 5 rings (SSSR count). The molecule has 0 aromatic heterocycles. The summed E-state index contributed by atoms with van der Waals surface area (Å²) in [7, 11) is 0. The summed E-state index contributed by atoms with van der Waals surface area (Å²) in [4.78, 5) is 53.8. The average molecular weight is 716 g/mol. The standard InChI is InChI=1S/C38H53NO12/c1-19-25-27(42)30(44)35(9)24(41)17-23-15-16-36(23,49-21(3)40)29(35)20(2)37(47,34(25,7)8)18-38(19,48)50-31(45)28(43)26(22-13-11-10-12-14-22)39-32(46)51-33(4,5)6/h10-14,20,23-24,26-29,41-43,47-48H,15-18H2,1-9H3,(H,39,46)/t20-,23+,24-,26-,27+,28+,29-,35+,36-,37+,38?/m0/s1. The number of benzene rings is 1.